The van der Waals surface area contributed by atoms with E-state index in [0.29, 0.717) is 68.4 Å². The molecule has 10 aromatic rings. The van der Waals surface area contributed by atoms with Crippen LogP contribution in [0.3, 0.4) is 0 Å². The molecule has 0 aliphatic heterocycles. The minimum absolute atomic E-state index is 0.170. The Kier molecular flexibility index (Phi) is 12.5. The smallest absolute Gasteiger partial charge is 0.290 e. The van der Waals surface area contributed by atoms with Gasteiger partial charge < -0.3 is 27.3 Å². The van der Waals surface area contributed by atoms with Gasteiger partial charge in [-0.05, 0) is 60.4 Å². The Hall–Kier alpha value is -8.47. The Bertz CT molecular complexity index is 3450. The molecule has 0 N–H and O–H groups in total. The molecule has 0 aliphatic rings. The average Bonchev–Trinajstić information content (AvgIpc) is 4.17. The number of oxazole rings is 2. The standard InChI is InChI=1S/C58H50B2N6O4/c1-37(2)35-67-43-26-18-20-39(32-43)53-50-51(56(66(53)60(6)42-24-12-9-13-25-42)52(62-7)58-64-47-29-15-17-31-49(47)70-58)54(40-21-19-27-44(33-40)68-36-38(3)4)65(59(5)41-22-10-8-11-23-41)55(50)45(34-61)57-63-46-28-14-16-30-48(46)69-57/h8-33,37-38H,35-36H2,1-6H3/b55-45-,56-52+. The van der Waals surface area contributed by atoms with E-state index >= 15 is 0 Å². The number of ether oxygens (including phenoxy) is 2. The quantitative estimate of drug-likeness (QED) is 0.0789. The molecule has 0 saturated carbocycles. The minimum atomic E-state index is -0.395. The molecule has 0 saturated heterocycles. The summed E-state index contributed by atoms with van der Waals surface area (Å²) in [7, 11) is 0. The van der Waals surface area contributed by atoms with Crippen LogP contribution in [0.1, 0.15) is 39.5 Å². The molecule has 10 rings (SSSR count). The molecule has 0 atom stereocenters. The van der Waals surface area contributed by atoms with Crippen LogP contribution in [0.2, 0.25) is 13.6 Å². The third kappa shape index (κ3) is 8.43. The molecule has 0 amide bonds. The zero-order chi connectivity index (χ0) is 48.5. The summed E-state index contributed by atoms with van der Waals surface area (Å²) in [6.45, 7) is 22.2. The van der Waals surface area contributed by atoms with Crippen molar-refractivity contribution < 1.29 is 18.3 Å². The van der Waals surface area contributed by atoms with E-state index < -0.39 is 13.7 Å². The highest BCUT2D eigenvalue weighted by Crippen LogP contribution is 2.38. The summed E-state index contributed by atoms with van der Waals surface area (Å²) in [5.74, 6) is 2.28. The van der Waals surface area contributed by atoms with Gasteiger partial charge in [-0.1, -0.05) is 161 Å². The van der Waals surface area contributed by atoms with Crippen LogP contribution in [0.25, 0.3) is 71.6 Å². The lowest BCUT2D eigenvalue weighted by molar-refractivity contribution is 0.271. The Morgan fingerprint density at radius 1 is 0.600 bits per heavy atom. The van der Waals surface area contributed by atoms with Crippen LogP contribution in [-0.2, 0) is 0 Å². The van der Waals surface area contributed by atoms with Crippen LogP contribution in [-0.4, -0.2) is 45.8 Å². The molecule has 0 fully saturated rings. The normalized spacial score (nSPS) is 12.4. The Morgan fingerprint density at radius 3 is 1.51 bits per heavy atom. The zero-order valence-corrected chi connectivity index (χ0v) is 40.1. The van der Waals surface area contributed by atoms with Gasteiger partial charge >= 0.3 is 0 Å². The van der Waals surface area contributed by atoms with E-state index in [1.54, 1.807) is 0 Å². The maximum atomic E-state index is 11.8. The van der Waals surface area contributed by atoms with Crippen LogP contribution in [0, 0.1) is 29.7 Å². The Morgan fingerprint density at radius 2 is 1.04 bits per heavy atom. The summed E-state index contributed by atoms with van der Waals surface area (Å²) in [4.78, 5) is 14.4. The first-order valence-electron chi connectivity index (χ1n) is 23.8. The van der Waals surface area contributed by atoms with Gasteiger partial charge in [0.15, 0.2) is 11.2 Å². The van der Waals surface area contributed by atoms with Gasteiger partial charge in [-0.3, -0.25) is 0 Å². The van der Waals surface area contributed by atoms with E-state index in [-0.39, 0.29) is 34.9 Å². The van der Waals surface area contributed by atoms with Crippen LogP contribution in [0.5, 0.6) is 11.5 Å². The molecule has 0 unspecified atom stereocenters. The molecule has 0 spiro atoms. The first kappa shape index (κ1) is 45.3. The number of benzene rings is 6. The van der Waals surface area contributed by atoms with Gasteiger partial charge in [-0.25, -0.2) is 14.8 Å². The summed E-state index contributed by atoms with van der Waals surface area (Å²) < 4.78 is 30.6. The second-order valence-electron chi connectivity index (χ2n) is 18.4. The molecule has 70 heavy (non-hydrogen) atoms. The van der Waals surface area contributed by atoms with Crippen molar-refractivity contribution in [3.63, 3.8) is 0 Å². The highest BCUT2D eigenvalue weighted by Gasteiger charge is 2.35. The van der Waals surface area contributed by atoms with Crippen molar-refractivity contribution in [1.82, 2.24) is 18.9 Å². The van der Waals surface area contributed by atoms with Crippen LogP contribution in [0.4, 0.5) is 0 Å². The van der Waals surface area contributed by atoms with Gasteiger partial charge in [0.2, 0.25) is 11.8 Å². The molecule has 0 aliphatic carbocycles. The average molecular weight is 917 g/mol. The van der Waals surface area contributed by atoms with Crippen LogP contribution in [0.15, 0.2) is 167 Å². The maximum Gasteiger partial charge on any atom is 0.290 e. The fourth-order valence-electron chi connectivity index (χ4n) is 9.33. The van der Waals surface area contributed by atoms with Crippen LogP contribution < -0.4 is 31.1 Å². The molecule has 12 heteroatoms. The number of nitrogens with zero attached hydrogens (tertiary/aromatic N) is 6. The SMILES string of the molecule is [C-]#[N+]/C(c1nc2ccccc2o1)=c1\c2c(-c3cccc(OCC(C)C)c3)n(B(C)c3ccccc3)/c(=C(/C#N)c3nc4ccccc4o3)c2c(-c2cccc(OCC(C)C)c2)n1B(C)c1ccccc1. The first-order valence-corrected chi connectivity index (χ1v) is 23.8. The topological polar surface area (TPSA) is 109 Å². The zero-order valence-electron chi connectivity index (χ0n) is 40.1. The van der Waals surface area contributed by atoms with Crippen molar-refractivity contribution in [2.24, 2.45) is 11.8 Å². The Labute approximate surface area is 407 Å². The number of hydrogen-bond donors (Lipinski definition) is 0. The van der Waals surface area contributed by atoms with Crippen molar-refractivity contribution in [3.8, 4) is 40.1 Å². The molecule has 4 aromatic heterocycles. The lowest BCUT2D eigenvalue weighted by Crippen LogP contribution is -2.44. The van der Waals surface area contributed by atoms with E-state index in [4.69, 9.17) is 28.3 Å². The molecule has 10 nitrogen and oxygen atoms in total. The van der Waals surface area contributed by atoms with Gasteiger partial charge in [0, 0.05) is 33.3 Å². The van der Waals surface area contributed by atoms with Gasteiger partial charge in [-0.2, -0.15) is 5.26 Å². The highest BCUT2D eigenvalue weighted by molar-refractivity contribution is 6.72. The van der Waals surface area contributed by atoms with Crippen molar-refractivity contribution in [3.05, 3.63) is 192 Å². The summed E-state index contributed by atoms with van der Waals surface area (Å²) in [6, 6.07) is 54.4. The molecule has 342 valence electrons. The molecule has 4 heterocycles. The molecular weight excluding hydrogens is 866 g/mol. The molecule has 0 bridgehead atoms. The van der Waals surface area contributed by atoms with E-state index in [0.717, 1.165) is 33.4 Å². The van der Waals surface area contributed by atoms with E-state index in [2.05, 4.69) is 110 Å². The van der Waals surface area contributed by atoms with Gasteiger partial charge in [-0.15, -0.1) is 0 Å². The summed E-state index contributed by atoms with van der Waals surface area (Å²) in [5.41, 5.74) is 7.89. The maximum absolute atomic E-state index is 11.8. The summed E-state index contributed by atoms with van der Waals surface area (Å²) >= 11 is 0. The summed E-state index contributed by atoms with van der Waals surface area (Å²) in [6.07, 6.45) is 0. The van der Waals surface area contributed by atoms with Gasteiger partial charge in [0.05, 0.1) is 30.5 Å². The predicted molar refractivity (Wildman–Crippen MR) is 282 cm³/mol. The third-order valence-electron chi connectivity index (χ3n) is 12.6. The molecule has 0 radical (unpaired) electrons. The van der Waals surface area contributed by atoms with Crippen molar-refractivity contribution in [1.29, 1.82) is 5.26 Å². The number of para-hydroxylation sites is 4. The van der Waals surface area contributed by atoms with Crippen molar-refractivity contribution in [2.45, 2.75) is 41.3 Å². The molecular formula is C58H50B2N6O4. The first-order chi connectivity index (χ1) is 34.1. The second-order valence-corrected chi connectivity index (χ2v) is 18.4. The fraction of sp³-hybridized carbons (Fsp3) is 0.172. The monoisotopic (exact) mass is 916 g/mol. The number of nitriles is 1. The van der Waals surface area contributed by atoms with Crippen molar-refractivity contribution in [2.75, 3.05) is 13.2 Å². The predicted octanol–water partition coefficient (Wildman–Crippen LogP) is 10.7. The number of fused-ring (bicyclic) bond motifs is 3. The number of hydrogen-bond acceptors (Lipinski definition) is 7. The van der Waals surface area contributed by atoms with Gasteiger partial charge in [0.1, 0.15) is 34.2 Å². The third-order valence-corrected chi connectivity index (χ3v) is 12.6. The van der Waals surface area contributed by atoms with Crippen molar-refractivity contribution >= 4 is 68.9 Å². The van der Waals surface area contributed by atoms with E-state index in [1.165, 1.54) is 0 Å². The van der Waals surface area contributed by atoms with E-state index in [9.17, 15) is 11.8 Å². The van der Waals surface area contributed by atoms with Gasteiger partial charge in [0.25, 0.3) is 19.4 Å². The lowest BCUT2D eigenvalue weighted by Gasteiger charge is -2.21. The fourth-order valence-corrected chi connectivity index (χ4v) is 9.33. The lowest BCUT2D eigenvalue weighted by atomic mass is 9.57. The number of rotatable bonds is 14. The van der Waals surface area contributed by atoms with E-state index in [1.807, 2.05) is 109 Å². The van der Waals surface area contributed by atoms with Crippen LogP contribution >= 0.6 is 0 Å². The molecule has 6 aromatic carbocycles. The minimum Gasteiger partial charge on any atom is -0.493 e. The summed E-state index contributed by atoms with van der Waals surface area (Å²) in [5, 5.41) is 14.4. The highest BCUT2D eigenvalue weighted by atomic mass is 16.5. The second kappa shape index (κ2) is 19.3. The number of aromatic nitrogens is 4. The largest absolute Gasteiger partial charge is 0.493 e. The Balaban J connectivity index is 1.52.